The summed E-state index contributed by atoms with van der Waals surface area (Å²) in [4.78, 5) is 13.4. The predicted octanol–water partition coefficient (Wildman–Crippen LogP) is 2.49. The zero-order chi connectivity index (χ0) is 16.8. The van der Waals surface area contributed by atoms with Crippen LogP contribution in [0.25, 0.3) is 5.69 Å². The number of carbonyl (C=O) groups is 1. The third-order valence-corrected chi connectivity index (χ3v) is 4.41. The Morgan fingerprint density at radius 3 is 2.54 bits per heavy atom. The predicted molar refractivity (Wildman–Crippen MR) is 93.4 cm³/mol. The zero-order valence-electron chi connectivity index (χ0n) is 13.2. The van der Waals surface area contributed by atoms with E-state index in [2.05, 4.69) is 33.0 Å². The average Bonchev–Trinajstić information content (AvgIpc) is 3.05. The van der Waals surface area contributed by atoms with Crippen molar-refractivity contribution in [3.05, 3.63) is 66.0 Å². The van der Waals surface area contributed by atoms with Gasteiger partial charge in [-0.1, -0.05) is 18.2 Å². The van der Waals surface area contributed by atoms with Gasteiger partial charge in [0.25, 0.3) is 5.91 Å². The molecule has 0 bridgehead atoms. The summed E-state index contributed by atoms with van der Waals surface area (Å²) in [5.74, 6) is 1.45. The minimum absolute atomic E-state index is 0.0800. The first-order valence-corrected chi connectivity index (χ1v) is 8.54. The molecule has 1 N–H and O–H groups in total. The lowest BCUT2D eigenvalue weighted by molar-refractivity contribution is 0.0956. The summed E-state index contributed by atoms with van der Waals surface area (Å²) in [7, 11) is 0. The molecular weight excluding hydrogens is 322 g/mol. The molecule has 24 heavy (non-hydrogen) atoms. The van der Waals surface area contributed by atoms with Gasteiger partial charge in [0.2, 0.25) is 0 Å². The van der Waals surface area contributed by atoms with Crippen LogP contribution in [-0.4, -0.2) is 38.4 Å². The van der Waals surface area contributed by atoms with Crippen molar-refractivity contribution in [2.45, 2.75) is 11.8 Å². The van der Waals surface area contributed by atoms with Crippen molar-refractivity contribution in [3.63, 3.8) is 0 Å². The highest BCUT2D eigenvalue weighted by Crippen LogP contribution is 2.16. The molecule has 2 aromatic carbocycles. The second-order valence-corrected chi connectivity index (χ2v) is 6.27. The molecule has 1 heterocycles. The molecule has 0 atom stereocenters. The highest BCUT2D eigenvalue weighted by atomic mass is 32.2. The maximum absolute atomic E-state index is 12.2. The number of benzene rings is 2. The SMILES string of the molecule is Cc1nnnn1-c1ccc(C(=O)NCCSc2ccccc2)cc1. The molecule has 6 nitrogen and oxygen atoms in total. The van der Waals surface area contributed by atoms with Gasteiger partial charge in [-0.15, -0.1) is 16.9 Å². The first kappa shape index (κ1) is 16.2. The molecule has 0 saturated heterocycles. The van der Waals surface area contributed by atoms with Crippen molar-refractivity contribution in [1.29, 1.82) is 0 Å². The summed E-state index contributed by atoms with van der Waals surface area (Å²) >= 11 is 1.72. The minimum atomic E-state index is -0.0800. The van der Waals surface area contributed by atoms with E-state index in [1.165, 1.54) is 4.90 Å². The van der Waals surface area contributed by atoms with Gasteiger partial charge in [0.05, 0.1) is 5.69 Å². The second-order valence-electron chi connectivity index (χ2n) is 5.10. The summed E-state index contributed by atoms with van der Waals surface area (Å²) in [6.07, 6.45) is 0. The van der Waals surface area contributed by atoms with Crippen LogP contribution in [0.4, 0.5) is 0 Å². The highest BCUT2D eigenvalue weighted by molar-refractivity contribution is 7.99. The fraction of sp³-hybridized carbons (Fsp3) is 0.176. The first-order valence-electron chi connectivity index (χ1n) is 7.55. The fourth-order valence-corrected chi connectivity index (χ4v) is 2.97. The average molecular weight is 339 g/mol. The van der Waals surface area contributed by atoms with Crippen molar-refractivity contribution >= 4 is 17.7 Å². The van der Waals surface area contributed by atoms with Gasteiger partial charge in [-0.2, -0.15) is 4.68 Å². The van der Waals surface area contributed by atoms with Crippen molar-refractivity contribution in [2.24, 2.45) is 0 Å². The quantitative estimate of drug-likeness (QED) is 0.552. The molecule has 122 valence electrons. The van der Waals surface area contributed by atoms with Crippen LogP contribution in [0.15, 0.2) is 59.5 Å². The van der Waals surface area contributed by atoms with E-state index in [-0.39, 0.29) is 5.91 Å². The lowest BCUT2D eigenvalue weighted by Crippen LogP contribution is -2.25. The van der Waals surface area contributed by atoms with Gasteiger partial charge in [-0.3, -0.25) is 4.79 Å². The largest absolute Gasteiger partial charge is 0.351 e. The van der Waals surface area contributed by atoms with E-state index in [0.717, 1.165) is 11.4 Å². The van der Waals surface area contributed by atoms with Crippen molar-refractivity contribution in [1.82, 2.24) is 25.5 Å². The molecule has 1 aromatic heterocycles. The van der Waals surface area contributed by atoms with Crippen LogP contribution in [-0.2, 0) is 0 Å². The summed E-state index contributed by atoms with van der Waals surface area (Å²) in [5.41, 5.74) is 1.45. The number of thioether (sulfide) groups is 1. The normalized spacial score (nSPS) is 10.5. The smallest absolute Gasteiger partial charge is 0.251 e. The zero-order valence-corrected chi connectivity index (χ0v) is 14.0. The first-order chi connectivity index (χ1) is 11.7. The fourth-order valence-electron chi connectivity index (χ4n) is 2.18. The van der Waals surface area contributed by atoms with E-state index in [1.807, 2.05) is 37.3 Å². The lowest BCUT2D eigenvalue weighted by atomic mass is 10.2. The van der Waals surface area contributed by atoms with E-state index < -0.39 is 0 Å². The van der Waals surface area contributed by atoms with Crippen molar-refractivity contribution < 1.29 is 4.79 Å². The molecule has 0 unspecified atom stereocenters. The van der Waals surface area contributed by atoms with Crippen LogP contribution < -0.4 is 5.32 Å². The highest BCUT2D eigenvalue weighted by Gasteiger charge is 2.07. The van der Waals surface area contributed by atoms with Crippen LogP contribution in [0.2, 0.25) is 0 Å². The Balaban J connectivity index is 1.51. The maximum Gasteiger partial charge on any atom is 0.251 e. The van der Waals surface area contributed by atoms with Crippen LogP contribution in [0.1, 0.15) is 16.2 Å². The third kappa shape index (κ3) is 3.99. The molecule has 3 aromatic rings. The van der Waals surface area contributed by atoms with Gasteiger partial charge >= 0.3 is 0 Å². The molecule has 0 aliphatic carbocycles. The lowest BCUT2D eigenvalue weighted by Gasteiger charge is -2.06. The van der Waals surface area contributed by atoms with Gasteiger partial charge in [0.1, 0.15) is 0 Å². The second kappa shape index (κ2) is 7.74. The summed E-state index contributed by atoms with van der Waals surface area (Å²) in [6.45, 7) is 2.44. The van der Waals surface area contributed by atoms with E-state index in [0.29, 0.717) is 17.9 Å². The summed E-state index contributed by atoms with van der Waals surface area (Å²) in [5, 5.41) is 14.3. The van der Waals surface area contributed by atoms with E-state index in [9.17, 15) is 4.79 Å². The number of nitrogens with zero attached hydrogens (tertiary/aromatic N) is 4. The number of hydrogen-bond acceptors (Lipinski definition) is 5. The van der Waals surface area contributed by atoms with Crippen LogP contribution >= 0.6 is 11.8 Å². The Labute approximate surface area is 144 Å². The molecule has 0 spiro atoms. The summed E-state index contributed by atoms with van der Waals surface area (Å²) in [6, 6.07) is 17.3. The third-order valence-electron chi connectivity index (χ3n) is 3.40. The standard InChI is InChI=1S/C17H17N5OS/c1-13-19-20-21-22(13)15-9-7-14(8-10-15)17(23)18-11-12-24-16-5-3-2-4-6-16/h2-10H,11-12H2,1H3,(H,18,23). The Morgan fingerprint density at radius 2 is 1.88 bits per heavy atom. The Hall–Kier alpha value is -2.67. The van der Waals surface area contributed by atoms with Gasteiger partial charge in [0.15, 0.2) is 5.82 Å². The molecule has 0 aliphatic heterocycles. The van der Waals surface area contributed by atoms with Crippen LogP contribution in [0.3, 0.4) is 0 Å². The van der Waals surface area contributed by atoms with Gasteiger partial charge in [-0.25, -0.2) is 0 Å². The maximum atomic E-state index is 12.2. The van der Waals surface area contributed by atoms with E-state index in [1.54, 1.807) is 28.6 Å². The van der Waals surface area contributed by atoms with Gasteiger partial charge in [-0.05, 0) is 53.7 Å². The van der Waals surface area contributed by atoms with Crippen LogP contribution in [0.5, 0.6) is 0 Å². The molecule has 1 amide bonds. The number of hydrogen-bond donors (Lipinski definition) is 1. The molecule has 0 aliphatic rings. The number of carbonyl (C=O) groups excluding carboxylic acids is 1. The molecule has 3 rings (SSSR count). The number of nitrogens with one attached hydrogen (secondary N) is 1. The molecule has 0 saturated carbocycles. The Kier molecular flexibility index (Phi) is 5.22. The summed E-state index contributed by atoms with van der Waals surface area (Å²) < 4.78 is 1.62. The van der Waals surface area contributed by atoms with Gasteiger partial charge < -0.3 is 5.32 Å². The van der Waals surface area contributed by atoms with E-state index >= 15 is 0 Å². The molecule has 0 radical (unpaired) electrons. The van der Waals surface area contributed by atoms with Crippen molar-refractivity contribution in [2.75, 3.05) is 12.3 Å². The van der Waals surface area contributed by atoms with Crippen molar-refractivity contribution in [3.8, 4) is 5.69 Å². The molecule has 7 heteroatoms. The number of aromatic nitrogens is 4. The topological polar surface area (TPSA) is 72.7 Å². The van der Waals surface area contributed by atoms with E-state index in [4.69, 9.17) is 0 Å². The number of tetrazole rings is 1. The monoisotopic (exact) mass is 339 g/mol. The van der Waals surface area contributed by atoms with Gasteiger partial charge in [0, 0.05) is 22.8 Å². The Bertz CT molecular complexity index is 801. The minimum Gasteiger partial charge on any atom is -0.351 e. The number of rotatable bonds is 6. The number of aryl methyl sites for hydroxylation is 1. The number of amides is 1. The molecule has 0 fully saturated rings. The molecular formula is C17H17N5OS. The Morgan fingerprint density at radius 1 is 1.12 bits per heavy atom. The van der Waals surface area contributed by atoms with Crippen LogP contribution in [0, 0.1) is 6.92 Å².